The lowest BCUT2D eigenvalue weighted by Crippen LogP contribution is -2.37. The average molecular weight is 325 g/mol. The molecule has 0 bridgehead atoms. The number of para-hydroxylation sites is 1. The van der Waals surface area contributed by atoms with Gasteiger partial charge in [-0.1, -0.05) is 18.2 Å². The number of benzene rings is 2. The van der Waals surface area contributed by atoms with Crippen LogP contribution in [0.5, 0.6) is 11.5 Å². The van der Waals surface area contributed by atoms with Gasteiger partial charge in [-0.15, -0.1) is 0 Å². The summed E-state index contributed by atoms with van der Waals surface area (Å²) in [5, 5.41) is 13.5. The van der Waals surface area contributed by atoms with Gasteiger partial charge in [0.25, 0.3) is 5.91 Å². The first kappa shape index (κ1) is 16.8. The number of nitriles is 1. The fourth-order valence-electron chi connectivity index (χ4n) is 1.85. The molecule has 0 saturated heterocycles. The first-order valence-electron chi connectivity index (χ1n) is 6.99. The topological polar surface area (TPSA) is 100 Å². The lowest BCUT2D eigenvalue weighted by molar-refractivity contribution is -0.121. The third-order valence-corrected chi connectivity index (χ3v) is 2.94. The lowest BCUT2D eigenvalue weighted by Gasteiger charge is -2.11. The van der Waals surface area contributed by atoms with Gasteiger partial charge in [0, 0.05) is 11.8 Å². The number of amides is 3. The van der Waals surface area contributed by atoms with Crippen LogP contribution >= 0.6 is 0 Å². The van der Waals surface area contributed by atoms with Crippen molar-refractivity contribution in [1.29, 1.82) is 5.26 Å². The van der Waals surface area contributed by atoms with Crippen LogP contribution in [0.2, 0.25) is 0 Å². The minimum absolute atomic E-state index is 0.301. The Morgan fingerprint density at radius 1 is 1.12 bits per heavy atom. The van der Waals surface area contributed by atoms with Gasteiger partial charge in [0.2, 0.25) is 0 Å². The van der Waals surface area contributed by atoms with Crippen LogP contribution in [-0.4, -0.2) is 25.7 Å². The fourth-order valence-corrected chi connectivity index (χ4v) is 1.85. The molecular formula is C17H15N3O4. The Hall–Kier alpha value is -3.53. The number of nitrogens with one attached hydrogen (secondary N) is 2. The summed E-state index contributed by atoms with van der Waals surface area (Å²) in [5.74, 6) is 0.0144. The monoisotopic (exact) mass is 325 g/mol. The van der Waals surface area contributed by atoms with E-state index in [2.05, 4.69) is 10.6 Å². The third-order valence-electron chi connectivity index (χ3n) is 2.94. The molecule has 0 atom stereocenters. The zero-order valence-corrected chi connectivity index (χ0v) is 12.9. The highest BCUT2D eigenvalue weighted by Gasteiger charge is 2.11. The van der Waals surface area contributed by atoms with Crippen LogP contribution < -0.4 is 20.1 Å². The van der Waals surface area contributed by atoms with Crippen molar-refractivity contribution in [3.63, 3.8) is 0 Å². The molecule has 7 nitrogen and oxygen atoms in total. The Morgan fingerprint density at radius 2 is 1.88 bits per heavy atom. The first-order valence-corrected chi connectivity index (χ1v) is 6.99. The van der Waals surface area contributed by atoms with Gasteiger partial charge in [0.05, 0.1) is 18.7 Å². The number of hydrogen-bond donors (Lipinski definition) is 2. The van der Waals surface area contributed by atoms with Crippen LogP contribution in [0.3, 0.4) is 0 Å². The van der Waals surface area contributed by atoms with E-state index in [4.69, 9.17) is 14.7 Å². The van der Waals surface area contributed by atoms with Crippen LogP contribution in [0.25, 0.3) is 0 Å². The van der Waals surface area contributed by atoms with E-state index in [1.54, 1.807) is 24.3 Å². The molecule has 24 heavy (non-hydrogen) atoms. The zero-order chi connectivity index (χ0) is 17.4. The normalized spacial score (nSPS) is 9.50. The van der Waals surface area contributed by atoms with E-state index in [-0.39, 0.29) is 6.61 Å². The number of carbonyl (C=O) groups is 2. The number of carbonyl (C=O) groups excluding carboxylic acids is 2. The number of anilines is 1. The second-order valence-corrected chi connectivity index (χ2v) is 4.63. The van der Waals surface area contributed by atoms with Gasteiger partial charge in [0.1, 0.15) is 0 Å². The maximum Gasteiger partial charge on any atom is 0.325 e. The molecule has 3 amide bonds. The summed E-state index contributed by atoms with van der Waals surface area (Å²) in [6.07, 6.45) is 0. The van der Waals surface area contributed by atoms with Gasteiger partial charge in [0.15, 0.2) is 18.1 Å². The Morgan fingerprint density at radius 3 is 2.54 bits per heavy atom. The van der Waals surface area contributed by atoms with E-state index >= 15 is 0 Å². The van der Waals surface area contributed by atoms with Crippen molar-refractivity contribution in [2.24, 2.45) is 0 Å². The fraction of sp³-hybridized carbons (Fsp3) is 0.118. The molecule has 0 spiro atoms. The summed E-state index contributed by atoms with van der Waals surface area (Å²) in [7, 11) is 1.43. The van der Waals surface area contributed by atoms with Crippen LogP contribution in [-0.2, 0) is 4.79 Å². The molecule has 0 unspecified atom stereocenters. The van der Waals surface area contributed by atoms with E-state index in [9.17, 15) is 9.59 Å². The summed E-state index contributed by atoms with van der Waals surface area (Å²) in [5.41, 5.74) is 0.975. The maximum absolute atomic E-state index is 11.7. The van der Waals surface area contributed by atoms with Gasteiger partial charge < -0.3 is 14.8 Å². The molecule has 0 aliphatic rings. The Labute approximate surface area is 138 Å². The molecule has 0 aliphatic heterocycles. The largest absolute Gasteiger partial charge is 0.493 e. The smallest absolute Gasteiger partial charge is 0.325 e. The van der Waals surface area contributed by atoms with Crippen molar-refractivity contribution in [3.8, 4) is 17.6 Å². The summed E-state index contributed by atoms with van der Waals surface area (Å²) in [6.45, 7) is -0.371. The SMILES string of the molecule is COc1cc(C#N)ccc1OCC(=O)NC(=O)Nc1ccccc1. The Bertz CT molecular complexity index is 769. The Kier molecular flexibility index (Phi) is 5.75. The molecular weight excluding hydrogens is 310 g/mol. The van der Waals surface area contributed by atoms with Gasteiger partial charge in [-0.3, -0.25) is 10.1 Å². The number of urea groups is 1. The molecule has 7 heteroatoms. The Balaban J connectivity index is 1.87. The molecule has 122 valence electrons. The third kappa shape index (κ3) is 4.74. The van der Waals surface area contributed by atoms with E-state index in [0.717, 1.165) is 0 Å². The molecule has 0 fully saturated rings. The minimum Gasteiger partial charge on any atom is -0.493 e. The van der Waals surface area contributed by atoms with Crippen LogP contribution in [0.4, 0.5) is 10.5 Å². The molecule has 0 heterocycles. The average Bonchev–Trinajstić information content (AvgIpc) is 2.60. The predicted octanol–water partition coefficient (Wildman–Crippen LogP) is 2.29. The number of imide groups is 1. The molecule has 2 rings (SSSR count). The quantitative estimate of drug-likeness (QED) is 0.878. The standard InChI is InChI=1S/C17H15N3O4/c1-23-15-9-12(10-18)7-8-14(15)24-11-16(21)20-17(22)19-13-5-3-2-4-6-13/h2-9H,11H2,1H3,(H2,19,20,21,22). The molecule has 2 aromatic carbocycles. The van der Waals surface area contributed by atoms with Crippen LogP contribution in [0, 0.1) is 11.3 Å². The van der Waals surface area contributed by atoms with Crippen LogP contribution in [0.1, 0.15) is 5.56 Å². The molecule has 0 aliphatic carbocycles. The van der Waals surface area contributed by atoms with E-state index < -0.39 is 11.9 Å². The molecule has 0 aromatic heterocycles. The minimum atomic E-state index is -0.651. The maximum atomic E-state index is 11.7. The lowest BCUT2D eigenvalue weighted by atomic mass is 10.2. The van der Waals surface area contributed by atoms with E-state index in [1.807, 2.05) is 12.1 Å². The highest BCUT2D eigenvalue weighted by molar-refractivity contribution is 6.01. The number of rotatable bonds is 5. The van der Waals surface area contributed by atoms with Crippen molar-refractivity contribution < 1.29 is 19.1 Å². The molecule has 2 aromatic rings. The number of methoxy groups -OCH3 is 1. The summed E-state index contributed by atoms with van der Waals surface area (Å²) in [6, 6.07) is 14.6. The second-order valence-electron chi connectivity index (χ2n) is 4.63. The van der Waals surface area contributed by atoms with E-state index in [0.29, 0.717) is 22.7 Å². The highest BCUT2D eigenvalue weighted by atomic mass is 16.5. The number of nitrogens with zero attached hydrogens (tertiary/aromatic N) is 1. The summed E-state index contributed by atoms with van der Waals surface area (Å²) in [4.78, 5) is 23.4. The zero-order valence-electron chi connectivity index (χ0n) is 12.9. The number of hydrogen-bond acceptors (Lipinski definition) is 5. The van der Waals surface area contributed by atoms with Crippen molar-refractivity contribution in [2.45, 2.75) is 0 Å². The second kappa shape index (κ2) is 8.19. The van der Waals surface area contributed by atoms with Crippen molar-refractivity contribution in [1.82, 2.24) is 5.32 Å². The van der Waals surface area contributed by atoms with Gasteiger partial charge in [-0.25, -0.2) is 4.79 Å². The van der Waals surface area contributed by atoms with Crippen molar-refractivity contribution >= 4 is 17.6 Å². The molecule has 2 N–H and O–H groups in total. The van der Waals surface area contributed by atoms with Crippen molar-refractivity contribution in [2.75, 3.05) is 19.0 Å². The van der Waals surface area contributed by atoms with Crippen LogP contribution in [0.15, 0.2) is 48.5 Å². The van der Waals surface area contributed by atoms with E-state index in [1.165, 1.54) is 25.3 Å². The predicted molar refractivity (Wildman–Crippen MR) is 86.8 cm³/mol. The first-order chi connectivity index (χ1) is 11.6. The van der Waals surface area contributed by atoms with Gasteiger partial charge in [-0.05, 0) is 24.3 Å². The van der Waals surface area contributed by atoms with Gasteiger partial charge >= 0.3 is 6.03 Å². The van der Waals surface area contributed by atoms with Gasteiger partial charge in [-0.2, -0.15) is 5.26 Å². The highest BCUT2D eigenvalue weighted by Crippen LogP contribution is 2.27. The summed E-state index contributed by atoms with van der Waals surface area (Å²) >= 11 is 0. The number of ether oxygens (including phenoxy) is 2. The molecule has 0 saturated carbocycles. The summed E-state index contributed by atoms with van der Waals surface area (Å²) < 4.78 is 10.4. The molecule has 0 radical (unpaired) electrons. The van der Waals surface area contributed by atoms with Crippen molar-refractivity contribution in [3.05, 3.63) is 54.1 Å².